The number of aromatic amines is 1. The molecule has 5 heteroatoms. The lowest BCUT2D eigenvalue weighted by Gasteiger charge is -2.47. The summed E-state index contributed by atoms with van der Waals surface area (Å²) in [7, 11) is 0. The number of rotatable bonds is 4. The number of nitrogens with one attached hydrogen (secondary N) is 2. The molecule has 4 nitrogen and oxygen atoms in total. The van der Waals surface area contributed by atoms with Crippen molar-refractivity contribution in [3.8, 4) is 0 Å². The van der Waals surface area contributed by atoms with Crippen molar-refractivity contribution in [2.24, 2.45) is 11.8 Å². The van der Waals surface area contributed by atoms with E-state index in [0.717, 1.165) is 36.1 Å². The van der Waals surface area contributed by atoms with Crippen molar-refractivity contribution in [1.29, 1.82) is 0 Å². The van der Waals surface area contributed by atoms with Gasteiger partial charge in [-0.05, 0) is 31.4 Å². The summed E-state index contributed by atoms with van der Waals surface area (Å²) >= 11 is 0. The Balaban J connectivity index is 1.51. The van der Waals surface area contributed by atoms with Crippen LogP contribution in [0.4, 0.5) is 4.39 Å². The van der Waals surface area contributed by atoms with Gasteiger partial charge in [-0.15, -0.1) is 0 Å². The van der Waals surface area contributed by atoms with Crippen LogP contribution >= 0.6 is 0 Å². The minimum absolute atomic E-state index is 0.0112. The third kappa shape index (κ3) is 2.34. The Morgan fingerprint density at radius 2 is 2.29 bits per heavy atom. The Morgan fingerprint density at radius 3 is 3.08 bits per heavy atom. The van der Waals surface area contributed by atoms with Gasteiger partial charge in [-0.1, -0.05) is 19.1 Å². The number of para-hydroxylation sites is 1. The highest BCUT2D eigenvalue weighted by Crippen LogP contribution is 2.45. The third-order valence-corrected chi connectivity index (χ3v) is 5.77. The Labute approximate surface area is 140 Å². The number of benzene rings is 1. The molecular weight excluding hydrogens is 307 g/mol. The number of hydrogen-bond acceptors (Lipinski definition) is 2. The van der Waals surface area contributed by atoms with Crippen molar-refractivity contribution in [2.45, 2.75) is 45.3 Å². The molecule has 2 heterocycles. The summed E-state index contributed by atoms with van der Waals surface area (Å²) in [6.07, 6.45) is 2.65. The standard InChI is InChI=1S/C19H23FN2O2/c1-3-11-17(13-7-8-24-19(11)13)22-16(23)9-14-10(2)21-18-12(14)5-4-6-15(18)20/h4-6,11,13,17,19,21H,3,7-9H2,1-2H3,(H,22,23)/t11-,13+,17-,19-/m0/s1. The first kappa shape index (κ1) is 15.6. The molecule has 2 fully saturated rings. The van der Waals surface area contributed by atoms with Crippen LogP contribution in [0, 0.1) is 24.6 Å². The Bertz CT molecular complexity index is 785. The van der Waals surface area contributed by atoms with Crippen LogP contribution in [0.1, 0.15) is 31.0 Å². The van der Waals surface area contributed by atoms with Crippen LogP contribution in [-0.4, -0.2) is 29.6 Å². The van der Waals surface area contributed by atoms with E-state index in [0.29, 0.717) is 23.5 Å². The van der Waals surface area contributed by atoms with Crippen molar-refractivity contribution in [2.75, 3.05) is 6.61 Å². The van der Waals surface area contributed by atoms with E-state index in [1.54, 1.807) is 6.07 Å². The third-order valence-electron chi connectivity index (χ3n) is 5.77. The van der Waals surface area contributed by atoms with E-state index in [-0.39, 0.29) is 24.2 Å². The number of halogens is 1. The van der Waals surface area contributed by atoms with E-state index in [9.17, 15) is 9.18 Å². The molecule has 1 aromatic carbocycles. The summed E-state index contributed by atoms with van der Waals surface area (Å²) in [4.78, 5) is 15.6. The molecule has 4 rings (SSSR count). The van der Waals surface area contributed by atoms with Crippen LogP contribution < -0.4 is 5.32 Å². The predicted molar refractivity (Wildman–Crippen MR) is 90.3 cm³/mol. The van der Waals surface area contributed by atoms with E-state index in [2.05, 4.69) is 17.2 Å². The molecule has 1 aliphatic carbocycles. The van der Waals surface area contributed by atoms with Gasteiger partial charge in [0.05, 0.1) is 18.0 Å². The van der Waals surface area contributed by atoms with E-state index in [4.69, 9.17) is 4.74 Å². The number of carbonyl (C=O) groups excluding carboxylic acids is 1. The number of ether oxygens (including phenoxy) is 1. The quantitative estimate of drug-likeness (QED) is 0.905. The zero-order valence-electron chi connectivity index (χ0n) is 14.1. The van der Waals surface area contributed by atoms with Gasteiger partial charge in [0, 0.05) is 35.6 Å². The fraction of sp³-hybridized carbons (Fsp3) is 0.526. The summed E-state index contributed by atoms with van der Waals surface area (Å²) in [5.41, 5.74) is 2.22. The number of aromatic nitrogens is 1. The molecule has 1 amide bonds. The zero-order valence-corrected chi connectivity index (χ0v) is 14.1. The van der Waals surface area contributed by atoms with Gasteiger partial charge in [0.25, 0.3) is 0 Å². The smallest absolute Gasteiger partial charge is 0.224 e. The first-order valence-electron chi connectivity index (χ1n) is 8.76. The minimum Gasteiger partial charge on any atom is -0.377 e. The topological polar surface area (TPSA) is 54.1 Å². The second-order valence-corrected chi connectivity index (χ2v) is 7.02. The van der Waals surface area contributed by atoms with E-state index >= 15 is 0 Å². The van der Waals surface area contributed by atoms with E-state index in [1.165, 1.54) is 6.07 Å². The highest BCUT2D eigenvalue weighted by atomic mass is 19.1. The van der Waals surface area contributed by atoms with Gasteiger partial charge in [-0.25, -0.2) is 4.39 Å². The highest BCUT2D eigenvalue weighted by Gasteiger charge is 2.53. The Morgan fingerprint density at radius 1 is 1.46 bits per heavy atom. The molecular formula is C19H23FN2O2. The highest BCUT2D eigenvalue weighted by molar-refractivity contribution is 5.90. The van der Waals surface area contributed by atoms with Gasteiger partial charge in [-0.2, -0.15) is 0 Å². The largest absolute Gasteiger partial charge is 0.377 e. The fourth-order valence-corrected chi connectivity index (χ4v) is 4.52. The summed E-state index contributed by atoms with van der Waals surface area (Å²) in [5.74, 6) is 0.610. The van der Waals surface area contributed by atoms with Gasteiger partial charge in [-0.3, -0.25) is 4.79 Å². The molecule has 1 aliphatic heterocycles. The van der Waals surface area contributed by atoms with Gasteiger partial charge < -0.3 is 15.0 Å². The number of H-pyrrole nitrogens is 1. The van der Waals surface area contributed by atoms with Crippen LogP contribution in [0.2, 0.25) is 0 Å². The Hall–Kier alpha value is -1.88. The average molecular weight is 330 g/mol. The Kier molecular flexibility index (Phi) is 3.83. The molecule has 0 unspecified atom stereocenters. The summed E-state index contributed by atoms with van der Waals surface area (Å²) < 4.78 is 19.7. The first-order chi connectivity index (χ1) is 11.6. The average Bonchev–Trinajstić information content (AvgIpc) is 3.10. The lowest BCUT2D eigenvalue weighted by molar-refractivity contribution is -0.126. The zero-order chi connectivity index (χ0) is 16.8. The number of aryl methyl sites for hydroxylation is 1. The van der Waals surface area contributed by atoms with Gasteiger partial charge in [0.2, 0.25) is 5.91 Å². The molecule has 4 atom stereocenters. The molecule has 0 spiro atoms. The van der Waals surface area contributed by atoms with Crippen LogP contribution in [0.25, 0.3) is 10.9 Å². The van der Waals surface area contributed by atoms with Gasteiger partial charge in [0.1, 0.15) is 5.82 Å². The molecule has 1 saturated carbocycles. The van der Waals surface area contributed by atoms with Crippen LogP contribution in [0.5, 0.6) is 0 Å². The van der Waals surface area contributed by atoms with E-state index in [1.807, 2.05) is 13.0 Å². The van der Waals surface area contributed by atoms with Gasteiger partial charge in [0.15, 0.2) is 0 Å². The molecule has 0 bridgehead atoms. The molecule has 2 aromatic rings. The summed E-state index contributed by atoms with van der Waals surface area (Å²) in [5, 5.41) is 4.00. The first-order valence-corrected chi connectivity index (χ1v) is 8.76. The maximum absolute atomic E-state index is 13.9. The summed E-state index contributed by atoms with van der Waals surface area (Å²) in [6.45, 7) is 4.84. The molecule has 2 N–H and O–H groups in total. The van der Waals surface area contributed by atoms with Crippen molar-refractivity contribution in [3.63, 3.8) is 0 Å². The SMILES string of the molecule is CC[C@H]1[C@H](NC(=O)Cc2c(C)[nH]c3c(F)cccc23)[C@H]2CCO[C@H]21. The molecule has 128 valence electrons. The number of amides is 1. The van der Waals surface area contributed by atoms with Crippen molar-refractivity contribution < 1.29 is 13.9 Å². The number of carbonyl (C=O) groups is 1. The van der Waals surface area contributed by atoms with Crippen molar-refractivity contribution in [1.82, 2.24) is 10.3 Å². The normalized spacial score (nSPS) is 28.6. The van der Waals surface area contributed by atoms with Crippen molar-refractivity contribution in [3.05, 3.63) is 35.3 Å². The molecule has 24 heavy (non-hydrogen) atoms. The number of hydrogen-bond donors (Lipinski definition) is 2. The fourth-order valence-electron chi connectivity index (χ4n) is 4.52. The maximum Gasteiger partial charge on any atom is 0.224 e. The predicted octanol–water partition coefficient (Wildman–Crippen LogP) is 3.09. The number of fused-ring (bicyclic) bond motifs is 2. The molecule has 0 radical (unpaired) electrons. The van der Waals surface area contributed by atoms with Crippen LogP contribution in [0.15, 0.2) is 18.2 Å². The van der Waals surface area contributed by atoms with Crippen molar-refractivity contribution >= 4 is 16.8 Å². The van der Waals surface area contributed by atoms with E-state index < -0.39 is 0 Å². The molecule has 2 aliphatic rings. The second kappa shape index (κ2) is 5.88. The molecule has 1 aromatic heterocycles. The van der Waals surface area contributed by atoms with Crippen LogP contribution in [0.3, 0.4) is 0 Å². The molecule has 1 saturated heterocycles. The maximum atomic E-state index is 13.9. The van der Waals surface area contributed by atoms with Gasteiger partial charge >= 0.3 is 0 Å². The summed E-state index contributed by atoms with van der Waals surface area (Å²) in [6, 6.07) is 5.20. The lowest BCUT2D eigenvalue weighted by Crippen LogP contribution is -2.61. The monoisotopic (exact) mass is 330 g/mol. The lowest BCUT2D eigenvalue weighted by atomic mass is 9.65. The minimum atomic E-state index is -0.279. The second-order valence-electron chi connectivity index (χ2n) is 7.02. The van der Waals surface area contributed by atoms with Crippen LogP contribution in [-0.2, 0) is 16.0 Å².